The lowest BCUT2D eigenvalue weighted by Crippen LogP contribution is -2.48. The SMILES string of the molecule is CC(C)c1cc(C(C)C)c(S(=O)(=O)N2CC(c3ccccc3)C2)c(C(C)C)c1. The number of hydrogen-bond donors (Lipinski definition) is 0. The lowest BCUT2D eigenvalue weighted by atomic mass is 9.89. The quantitative estimate of drug-likeness (QED) is 0.611. The van der Waals surface area contributed by atoms with Gasteiger partial charge in [0.1, 0.15) is 0 Å². The molecule has 0 saturated carbocycles. The van der Waals surface area contributed by atoms with Gasteiger partial charge in [0.15, 0.2) is 0 Å². The topological polar surface area (TPSA) is 37.4 Å². The summed E-state index contributed by atoms with van der Waals surface area (Å²) in [4.78, 5) is 0.549. The van der Waals surface area contributed by atoms with E-state index in [2.05, 4.69) is 65.8 Å². The minimum absolute atomic E-state index is 0.159. The second-order valence-corrected chi connectivity index (χ2v) is 10.8. The molecule has 0 atom stereocenters. The molecule has 0 N–H and O–H groups in total. The standard InChI is InChI=1S/C24H33NO2S/c1-16(2)20-12-22(17(3)4)24(23(13-20)18(5)6)28(26,27)25-14-21(15-25)19-10-8-7-9-11-19/h7-13,16-18,21H,14-15H2,1-6H3. The summed E-state index contributed by atoms with van der Waals surface area (Å²) < 4.78 is 29.0. The van der Waals surface area contributed by atoms with Gasteiger partial charge in [0.05, 0.1) is 4.90 Å². The number of hydrogen-bond acceptors (Lipinski definition) is 2. The van der Waals surface area contributed by atoms with E-state index >= 15 is 0 Å². The predicted molar refractivity (Wildman–Crippen MR) is 117 cm³/mol. The van der Waals surface area contributed by atoms with Gasteiger partial charge in [-0.05, 0) is 40.0 Å². The van der Waals surface area contributed by atoms with Gasteiger partial charge in [-0.15, -0.1) is 0 Å². The van der Waals surface area contributed by atoms with Crippen LogP contribution in [0.25, 0.3) is 0 Å². The van der Waals surface area contributed by atoms with E-state index in [0.29, 0.717) is 23.9 Å². The Labute approximate surface area is 170 Å². The van der Waals surface area contributed by atoms with Crippen LogP contribution in [0.15, 0.2) is 47.4 Å². The smallest absolute Gasteiger partial charge is 0.207 e. The van der Waals surface area contributed by atoms with Crippen LogP contribution in [-0.2, 0) is 10.0 Å². The van der Waals surface area contributed by atoms with Crippen LogP contribution in [0.2, 0.25) is 0 Å². The van der Waals surface area contributed by atoms with E-state index in [4.69, 9.17) is 0 Å². The van der Waals surface area contributed by atoms with Crippen LogP contribution in [0.3, 0.4) is 0 Å². The van der Waals surface area contributed by atoms with Crippen molar-refractivity contribution in [1.29, 1.82) is 0 Å². The Kier molecular flexibility index (Phi) is 6.02. The highest BCUT2D eigenvalue weighted by Crippen LogP contribution is 2.39. The Hall–Kier alpha value is -1.65. The molecule has 0 spiro atoms. The maximum Gasteiger partial charge on any atom is 0.243 e. The molecular formula is C24H33NO2S. The normalized spacial score (nSPS) is 16.2. The van der Waals surface area contributed by atoms with Gasteiger partial charge in [-0.3, -0.25) is 0 Å². The number of benzene rings is 2. The van der Waals surface area contributed by atoms with Crippen LogP contribution >= 0.6 is 0 Å². The molecule has 1 aliphatic rings. The fourth-order valence-corrected chi connectivity index (χ4v) is 6.08. The molecule has 1 fully saturated rings. The van der Waals surface area contributed by atoms with Crippen molar-refractivity contribution >= 4 is 10.0 Å². The van der Waals surface area contributed by atoms with Crippen molar-refractivity contribution < 1.29 is 8.42 Å². The largest absolute Gasteiger partial charge is 0.243 e. The molecule has 0 bridgehead atoms. The van der Waals surface area contributed by atoms with Crippen molar-refractivity contribution in [3.8, 4) is 0 Å². The van der Waals surface area contributed by atoms with Crippen molar-refractivity contribution in [2.75, 3.05) is 13.1 Å². The summed E-state index contributed by atoms with van der Waals surface area (Å²) >= 11 is 0. The van der Waals surface area contributed by atoms with Crippen LogP contribution in [0, 0.1) is 0 Å². The van der Waals surface area contributed by atoms with Crippen molar-refractivity contribution in [3.63, 3.8) is 0 Å². The maximum absolute atomic E-state index is 13.6. The highest BCUT2D eigenvalue weighted by Gasteiger charge is 2.40. The maximum atomic E-state index is 13.6. The van der Waals surface area contributed by atoms with E-state index in [1.165, 1.54) is 11.1 Å². The molecular weight excluding hydrogens is 366 g/mol. The Bertz CT molecular complexity index is 895. The first kappa shape index (κ1) is 21.1. The summed E-state index contributed by atoms with van der Waals surface area (Å²) in [6, 6.07) is 14.4. The minimum atomic E-state index is -3.50. The molecule has 1 heterocycles. The van der Waals surface area contributed by atoms with Gasteiger partial charge in [-0.2, -0.15) is 4.31 Å². The van der Waals surface area contributed by atoms with E-state index in [-0.39, 0.29) is 17.8 Å². The molecule has 3 nitrogen and oxygen atoms in total. The molecule has 28 heavy (non-hydrogen) atoms. The van der Waals surface area contributed by atoms with Gasteiger partial charge >= 0.3 is 0 Å². The third-order valence-corrected chi connectivity index (χ3v) is 7.76. The van der Waals surface area contributed by atoms with Crippen LogP contribution in [0.1, 0.15) is 87.5 Å². The van der Waals surface area contributed by atoms with Gasteiger partial charge < -0.3 is 0 Å². The lowest BCUT2D eigenvalue weighted by Gasteiger charge is -2.39. The minimum Gasteiger partial charge on any atom is -0.207 e. The van der Waals surface area contributed by atoms with Gasteiger partial charge in [-0.1, -0.05) is 84.0 Å². The van der Waals surface area contributed by atoms with Gasteiger partial charge in [0, 0.05) is 19.0 Å². The number of rotatable bonds is 6. The molecule has 0 radical (unpaired) electrons. The molecule has 2 aromatic carbocycles. The first-order valence-corrected chi connectivity index (χ1v) is 11.8. The van der Waals surface area contributed by atoms with Crippen molar-refractivity contribution in [2.24, 2.45) is 0 Å². The second-order valence-electron chi connectivity index (χ2n) is 8.92. The molecule has 1 aliphatic heterocycles. The molecule has 4 heteroatoms. The first-order valence-electron chi connectivity index (χ1n) is 10.4. The second kappa shape index (κ2) is 8.00. The highest BCUT2D eigenvalue weighted by atomic mass is 32.2. The third kappa shape index (κ3) is 3.90. The fourth-order valence-electron chi connectivity index (χ4n) is 3.89. The lowest BCUT2D eigenvalue weighted by molar-refractivity contribution is 0.263. The van der Waals surface area contributed by atoms with E-state index < -0.39 is 10.0 Å². The monoisotopic (exact) mass is 399 g/mol. The molecule has 0 aliphatic carbocycles. The highest BCUT2D eigenvalue weighted by molar-refractivity contribution is 7.89. The predicted octanol–water partition coefficient (Wildman–Crippen LogP) is 5.84. The molecule has 0 aromatic heterocycles. The van der Waals surface area contributed by atoms with Crippen molar-refractivity contribution in [2.45, 2.75) is 70.1 Å². The average molecular weight is 400 g/mol. The van der Waals surface area contributed by atoms with E-state index in [9.17, 15) is 8.42 Å². The van der Waals surface area contributed by atoms with Gasteiger partial charge in [-0.25, -0.2) is 8.42 Å². The first-order chi connectivity index (χ1) is 13.1. The summed E-state index contributed by atoms with van der Waals surface area (Å²) in [6.07, 6.45) is 0. The summed E-state index contributed by atoms with van der Waals surface area (Å²) in [5, 5.41) is 0. The van der Waals surface area contributed by atoms with Crippen LogP contribution < -0.4 is 0 Å². The number of nitrogens with zero attached hydrogens (tertiary/aromatic N) is 1. The molecule has 0 amide bonds. The zero-order chi connectivity index (χ0) is 20.6. The Morgan fingerprint density at radius 2 is 1.32 bits per heavy atom. The molecule has 1 saturated heterocycles. The van der Waals surface area contributed by atoms with Crippen LogP contribution in [0.4, 0.5) is 0 Å². The van der Waals surface area contributed by atoms with Crippen LogP contribution in [0.5, 0.6) is 0 Å². The fraction of sp³-hybridized carbons (Fsp3) is 0.500. The molecule has 3 rings (SSSR count). The summed E-state index contributed by atoms with van der Waals surface area (Å²) in [7, 11) is -3.50. The molecule has 152 valence electrons. The van der Waals surface area contributed by atoms with E-state index in [0.717, 1.165) is 11.1 Å². The van der Waals surface area contributed by atoms with E-state index in [1.807, 2.05) is 18.2 Å². The molecule has 0 unspecified atom stereocenters. The summed E-state index contributed by atoms with van der Waals surface area (Å²) in [6.45, 7) is 13.8. The van der Waals surface area contributed by atoms with Crippen molar-refractivity contribution in [3.05, 3.63) is 64.7 Å². The van der Waals surface area contributed by atoms with Crippen LogP contribution in [-0.4, -0.2) is 25.8 Å². The Morgan fingerprint density at radius 1 is 0.821 bits per heavy atom. The van der Waals surface area contributed by atoms with Gasteiger partial charge in [0.25, 0.3) is 0 Å². The zero-order valence-corrected chi connectivity index (χ0v) is 18.8. The van der Waals surface area contributed by atoms with Crippen molar-refractivity contribution in [1.82, 2.24) is 4.31 Å². The molecule has 2 aromatic rings. The summed E-state index contributed by atoms with van der Waals surface area (Å²) in [5.74, 6) is 0.980. The Morgan fingerprint density at radius 3 is 1.75 bits per heavy atom. The number of sulfonamides is 1. The zero-order valence-electron chi connectivity index (χ0n) is 17.9. The average Bonchev–Trinajstić information content (AvgIpc) is 2.59. The van der Waals surface area contributed by atoms with Gasteiger partial charge in [0.2, 0.25) is 10.0 Å². The third-order valence-electron chi connectivity index (χ3n) is 5.80. The Balaban J connectivity index is 2.02. The van der Waals surface area contributed by atoms with E-state index in [1.54, 1.807) is 4.31 Å². The summed E-state index contributed by atoms with van der Waals surface area (Å²) in [5.41, 5.74) is 4.35.